The fourth-order valence-electron chi connectivity index (χ4n) is 2.00. The zero-order chi connectivity index (χ0) is 12.3. The smallest absolute Gasteiger partial charge is 0.185 e. The fraction of sp³-hybridized carbons (Fsp3) is 0.667. The molecule has 1 saturated heterocycles. The molecule has 0 saturated carbocycles. The van der Waals surface area contributed by atoms with Crippen molar-refractivity contribution in [1.82, 2.24) is 4.98 Å². The Balaban J connectivity index is 1.93. The van der Waals surface area contributed by atoms with Gasteiger partial charge in [-0.3, -0.25) is 4.79 Å². The molecule has 0 N–H and O–H groups in total. The summed E-state index contributed by atoms with van der Waals surface area (Å²) in [6, 6.07) is 0. The number of anilines is 1. The van der Waals surface area contributed by atoms with E-state index in [1.54, 1.807) is 6.92 Å². The Kier molecular flexibility index (Phi) is 4.12. The average Bonchev–Trinajstić information content (AvgIpc) is 2.79. The van der Waals surface area contributed by atoms with Crippen molar-refractivity contribution in [1.29, 1.82) is 0 Å². The molecule has 1 aromatic heterocycles. The monoisotopic (exact) mass is 254 g/mol. The van der Waals surface area contributed by atoms with Crippen molar-refractivity contribution in [2.45, 2.75) is 19.8 Å². The maximum absolute atomic E-state index is 11.2. The molecule has 0 amide bonds. The minimum Gasteiger partial charge on any atom is -0.381 e. The van der Waals surface area contributed by atoms with E-state index in [4.69, 9.17) is 4.74 Å². The van der Waals surface area contributed by atoms with Crippen LogP contribution in [0, 0.1) is 5.92 Å². The molecule has 1 aliphatic heterocycles. The second-order valence-electron chi connectivity index (χ2n) is 4.51. The van der Waals surface area contributed by atoms with Crippen molar-refractivity contribution >= 4 is 22.3 Å². The molecule has 0 aromatic carbocycles. The lowest BCUT2D eigenvalue weighted by Crippen LogP contribution is -2.29. The number of ether oxygens (including phenoxy) is 1. The molecule has 0 unspecified atom stereocenters. The Bertz CT molecular complexity index is 386. The molecule has 0 atom stereocenters. The van der Waals surface area contributed by atoms with E-state index in [9.17, 15) is 4.79 Å². The van der Waals surface area contributed by atoms with Crippen LogP contribution in [0.5, 0.6) is 0 Å². The highest BCUT2D eigenvalue weighted by Crippen LogP contribution is 2.23. The van der Waals surface area contributed by atoms with Crippen LogP contribution in [0.2, 0.25) is 0 Å². The molecule has 2 rings (SSSR count). The second kappa shape index (κ2) is 5.60. The molecule has 4 nitrogen and oxygen atoms in total. The summed E-state index contributed by atoms with van der Waals surface area (Å²) in [6.07, 6.45) is 2.24. The lowest BCUT2D eigenvalue weighted by atomic mass is 10.0. The number of carbonyl (C=O) groups is 1. The molecule has 0 radical (unpaired) electrons. The first-order valence-corrected chi connectivity index (χ1v) is 6.80. The van der Waals surface area contributed by atoms with Gasteiger partial charge >= 0.3 is 0 Å². The van der Waals surface area contributed by atoms with Crippen molar-refractivity contribution in [2.24, 2.45) is 5.92 Å². The third kappa shape index (κ3) is 3.26. The second-order valence-corrected chi connectivity index (χ2v) is 5.34. The van der Waals surface area contributed by atoms with Gasteiger partial charge in [-0.25, -0.2) is 4.98 Å². The van der Waals surface area contributed by atoms with Crippen LogP contribution in [0.1, 0.15) is 30.3 Å². The lowest BCUT2D eigenvalue weighted by molar-refractivity contribution is 0.0685. The molecule has 0 spiro atoms. The van der Waals surface area contributed by atoms with Crippen molar-refractivity contribution < 1.29 is 9.53 Å². The molecule has 1 aromatic rings. The van der Waals surface area contributed by atoms with E-state index in [0.717, 1.165) is 37.7 Å². The fourth-order valence-corrected chi connectivity index (χ4v) is 2.84. The summed E-state index contributed by atoms with van der Waals surface area (Å²) >= 11 is 1.54. The number of thiazole rings is 1. The number of aromatic nitrogens is 1. The van der Waals surface area contributed by atoms with Crippen molar-refractivity contribution in [3.63, 3.8) is 0 Å². The van der Waals surface area contributed by atoms with Crippen LogP contribution in [0.25, 0.3) is 0 Å². The summed E-state index contributed by atoms with van der Waals surface area (Å²) in [7, 11) is 2.04. The van der Waals surface area contributed by atoms with Crippen LogP contribution in [0.15, 0.2) is 5.38 Å². The van der Waals surface area contributed by atoms with E-state index in [0.29, 0.717) is 11.6 Å². The van der Waals surface area contributed by atoms with Gasteiger partial charge in [0.2, 0.25) is 0 Å². The zero-order valence-electron chi connectivity index (χ0n) is 10.3. The van der Waals surface area contributed by atoms with Crippen LogP contribution in [-0.4, -0.2) is 37.6 Å². The maximum Gasteiger partial charge on any atom is 0.185 e. The molecule has 5 heteroatoms. The predicted molar refractivity (Wildman–Crippen MR) is 68.9 cm³/mol. The predicted octanol–water partition coefficient (Wildman–Crippen LogP) is 2.21. The minimum absolute atomic E-state index is 0.0342. The number of hydrogen-bond acceptors (Lipinski definition) is 5. The topological polar surface area (TPSA) is 42.4 Å². The largest absolute Gasteiger partial charge is 0.381 e. The molecular weight excluding hydrogens is 236 g/mol. The Morgan fingerprint density at radius 2 is 2.29 bits per heavy atom. The molecule has 2 heterocycles. The Morgan fingerprint density at radius 3 is 2.88 bits per heavy atom. The van der Waals surface area contributed by atoms with Gasteiger partial charge in [0.15, 0.2) is 10.9 Å². The lowest BCUT2D eigenvalue weighted by Gasteiger charge is -2.26. The third-order valence-corrected chi connectivity index (χ3v) is 4.01. The molecular formula is C12H18N2O2S. The molecule has 1 fully saturated rings. The van der Waals surface area contributed by atoms with Gasteiger partial charge in [0.05, 0.1) is 0 Å². The Labute approximate surface area is 106 Å². The molecule has 1 aliphatic rings. The van der Waals surface area contributed by atoms with E-state index < -0.39 is 0 Å². The summed E-state index contributed by atoms with van der Waals surface area (Å²) in [5.41, 5.74) is 0.573. The summed E-state index contributed by atoms with van der Waals surface area (Å²) in [5.74, 6) is 0.713. The van der Waals surface area contributed by atoms with Crippen LogP contribution in [0.4, 0.5) is 5.13 Å². The minimum atomic E-state index is 0.0342. The molecule has 0 aliphatic carbocycles. The maximum atomic E-state index is 11.2. The Hall–Kier alpha value is -0.940. The highest BCUT2D eigenvalue weighted by molar-refractivity contribution is 7.13. The quantitative estimate of drug-likeness (QED) is 0.773. The normalized spacial score (nSPS) is 17.1. The first-order chi connectivity index (χ1) is 8.16. The highest BCUT2D eigenvalue weighted by atomic mass is 32.1. The van der Waals surface area contributed by atoms with Gasteiger partial charge in [0.25, 0.3) is 0 Å². The third-order valence-electron chi connectivity index (χ3n) is 3.05. The number of ketones is 1. The number of rotatable bonds is 4. The first kappa shape index (κ1) is 12.5. The van der Waals surface area contributed by atoms with Gasteiger partial charge in [-0.15, -0.1) is 11.3 Å². The van der Waals surface area contributed by atoms with Crippen LogP contribution in [0.3, 0.4) is 0 Å². The number of nitrogens with zero attached hydrogens (tertiary/aromatic N) is 2. The SMILES string of the molecule is CC(=O)c1csc(N(C)CC2CCOCC2)n1. The number of hydrogen-bond donors (Lipinski definition) is 0. The van der Waals surface area contributed by atoms with Gasteiger partial charge in [-0.1, -0.05) is 0 Å². The number of carbonyl (C=O) groups excluding carboxylic acids is 1. The van der Waals surface area contributed by atoms with Crippen molar-refractivity contribution in [3.05, 3.63) is 11.1 Å². The average molecular weight is 254 g/mol. The summed E-state index contributed by atoms with van der Waals surface area (Å²) < 4.78 is 5.35. The van der Waals surface area contributed by atoms with Gasteiger partial charge in [0.1, 0.15) is 5.69 Å². The van der Waals surface area contributed by atoms with E-state index in [2.05, 4.69) is 9.88 Å². The standard InChI is InChI=1S/C12H18N2O2S/c1-9(15)11-8-17-12(13-11)14(2)7-10-3-5-16-6-4-10/h8,10H,3-7H2,1-2H3. The van der Waals surface area contributed by atoms with E-state index in [-0.39, 0.29) is 5.78 Å². The van der Waals surface area contributed by atoms with Crippen molar-refractivity contribution in [2.75, 3.05) is 31.7 Å². The Morgan fingerprint density at radius 1 is 1.59 bits per heavy atom. The van der Waals surface area contributed by atoms with Crippen molar-refractivity contribution in [3.8, 4) is 0 Å². The first-order valence-electron chi connectivity index (χ1n) is 5.92. The van der Waals surface area contributed by atoms with Gasteiger partial charge in [-0.05, 0) is 18.8 Å². The van der Waals surface area contributed by atoms with Crippen LogP contribution in [-0.2, 0) is 4.74 Å². The van der Waals surface area contributed by atoms with Gasteiger partial charge in [-0.2, -0.15) is 0 Å². The zero-order valence-corrected chi connectivity index (χ0v) is 11.1. The van der Waals surface area contributed by atoms with Gasteiger partial charge < -0.3 is 9.64 Å². The molecule has 17 heavy (non-hydrogen) atoms. The number of Topliss-reactive ketones (excluding diaryl/α,β-unsaturated/α-hetero) is 1. The summed E-state index contributed by atoms with van der Waals surface area (Å²) in [5, 5.41) is 2.76. The van der Waals surface area contributed by atoms with Gasteiger partial charge in [0, 0.05) is 39.1 Å². The summed E-state index contributed by atoms with van der Waals surface area (Å²) in [4.78, 5) is 17.7. The van der Waals surface area contributed by atoms with E-state index in [1.807, 2.05) is 12.4 Å². The van der Waals surface area contributed by atoms with Crippen LogP contribution >= 0.6 is 11.3 Å². The van der Waals surface area contributed by atoms with E-state index >= 15 is 0 Å². The highest BCUT2D eigenvalue weighted by Gasteiger charge is 2.17. The molecule has 94 valence electrons. The summed E-state index contributed by atoms with van der Waals surface area (Å²) in [6.45, 7) is 4.29. The van der Waals surface area contributed by atoms with Crippen LogP contribution < -0.4 is 4.90 Å². The molecule has 0 bridgehead atoms. The van der Waals surface area contributed by atoms with E-state index in [1.165, 1.54) is 11.3 Å².